The first kappa shape index (κ1) is 20.5. The molecule has 1 heterocycles. The third-order valence-corrected chi connectivity index (χ3v) is 5.79. The molecule has 0 atom stereocenters. The van der Waals surface area contributed by atoms with Crippen LogP contribution in [0.15, 0.2) is 41.3 Å². The molecule has 6 nitrogen and oxygen atoms in total. The molecule has 1 amide bonds. The fraction of sp³-hybridized carbons (Fsp3) is 0.294. The summed E-state index contributed by atoms with van der Waals surface area (Å²) >= 11 is 11.7. The van der Waals surface area contributed by atoms with Crippen LogP contribution in [0.3, 0.4) is 0 Å². The molecule has 0 fully saturated rings. The minimum Gasteiger partial charge on any atom is -0.343 e. The molecule has 1 aromatic heterocycles. The Morgan fingerprint density at radius 2 is 1.81 bits per heavy atom. The molecule has 1 aromatic carbocycles. The number of carbonyl (C=O) groups is 1. The van der Waals surface area contributed by atoms with Crippen LogP contribution in [0.2, 0.25) is 10.0 Å². The maximum absolute atomic E-state index is 12.5. The maximum Gasteiger partial charge on any atom is 0.263 e. The smallest absolute Gasteiger partial charge is 0.263 e. The molecule has 2 aromatic rings. The topological polar surface area (TPSA) is 79.4 Å². The van der Waals surface area contributed by atoms with Crippen LogP contribution >= 0.6 is 23.2 Å². The van der Waals surface area contributed by atoms with Crippen LogP contribution in [0.25, 0.3) is 0 Å². The van der Waals surface area contributed by atoms with Crippen molar-refractivity contribution in [3.05, 3.63) is 52.1 Å². The summed E-state index contributed by atoms with van der Waals surface area (Å²) in [6, 6.07) is 8.86. The number of likely N-dealkylation sites (N-methyl/N-ethyl adjacent to an activating group) is 1. The lowest BCUT2D eigenvalue weighted by atomic mass is 10.2. The Morgan fingerprint density at radius 3 is 2.42 bits per heavy atom. The fourth-order valence-corrected chi connectivity index (χ4v) is 3.71. The zero-order valence-corrected chi connectivity index (χ0v) is 16.7. The minimum absolute atomic E-state index is 0.0293. The first-order valence-corrected chi connectivity index (χ1v) is 10.2. The summed E-state index contributed by atoms with van der Waals surface area (Å²) in [7, 11) is -3.87. The lowest BCUT2D eigenvalue weighted by Gasteiger charge is -2.18. The Bertz CT molecular complexity index is 900. The molecule has 0 radical (unpaired) electrons. The van der Waals surface area contributed by atoms with Crippen molar-refractivity contribution in [2.75, 3.05) is 17.8 Å². The Balaban J connectivity index is 2.19. The zero-order chi connectivity index (χ0) is 19.3. The number of nitrogens with one attached hydrogen (secondary N) is 1. The van der Waals surface area contributed by atoms with E-state index >= 15 is 0 Å². The number of amides is 1. The van der Waals surface area contributed by atoms with Crippen molar-refractivity contribution in [3.8, 4) is 0 Å². The third kappa shape index (κ3) is 5.09. The van der Waals surface area contributed by atoms with E-state index in [2.05, 4.69) is 9.71 Å². The van der Waals surface area contributed by atoms with Crippen molar-refractivity contribution in [1.82, 2.24) is 9.88 Å². The molecule has 0 aliphatic heterocycles. The summed E-state index contributed by atoms with van der Waals surface area (Å²) in [5.41, 5.74) is 0.483. The summed E-state index contributed by atoms with van der Waals surface area (Å²) < 4.78 is 27.3. The number of aromatic nitrogens is 1. The van der Waals surface area contributed by atoms with Gasteiger partial charge in [0.15, 0.2) is 0 Å². The minimum atomic E-state index is -3.87. The monoisotopic (exact) mass is 415 g/mol. The number of halogens is 2. The van der Waals surface area contributed by atoms with Crippen LogP contribution in [0.1, 0.15) is 19.5 Å². The molecule has 0 spiro atoms. The molecule has 9 heteroatoms. The van der Waals surface area contributed by atoms with Crippen LogP contribution in [-0.2, 0) is 21.2 Å². The second-order valence-corrected chi connectivity index (χ2v) is 7.94. The summed E-state index contributed by atoms with van der Waals surface area (Å²) in [5, 5.41) is 0.404. The predicted molar refractivity (Wildman–Crippen MR) is 103 cm³/mol. The highest BCUT2D eigenvalue weighted by Crippen LogP contribution is 2.25. The van der Waals surface area contributed by atoms with E-state index in [4.69, 9.17) is 23.2 Å². The molecule has 140 valence electrons. The average Bonchev–Trinajstić information content (AvgIpc) is 2.58. The van der Waals surface area contributed by atoms with Gasteiger partial charge in [-0.2, -0.15) is 0 Å². The number of nitrogens with zero attached hydrogens (tertiary/aromatic N) is 2. The normalized spacial score (nSPS) is 11.2. The summed E-state index contributed by atoms with van der Waals surface area (Å²) in [6.07, 6.45) is 0.101. The first-order chi connectivity index (χ1) is 12.3. The van der Waals surface area contributed by atoms with E-state index in [1.54, 1.807) is 17.0 Å². The van der Waals surface area contributed by atoms with Gasteiger partial charge < -0.3 is 4.90 Å². The van der Waals surface area contributed by atoms with Gasteiger partial charge in [0.2, 0.25) is 5.91 Å². The lowest BCUT2D eigenvalue weighted by Crippen LogP contribution is -2.32. The molecule has 1 N–H and O–H groups in total. The van der Waals surface area contributed by atoms with E-state index in [0.717, 1.165) is 0 Å². The Hall–Kier alpha value is -1.83. The van der Waals surface area contributed by atoms with Crippen molar-refractivity contribution in [2.45, 2.75) is 25.2 Å². The van der Waals surface area contributed by atoms with Crippen LogP contribution < -0.4 is 4.72 Å². The molecule has 0 bridgehead atoms. The van der Waals surface area contributed by atoms with Crippen molar-refractivity contribution in [3.63, 3.8) is 0 Å². The molecule has 0 aliphatic carbocycles. The number of anilines is 1. The van der Waals surface area contributed by atoms with Crippen LogP contribution in [0, 0.1) is 0 Å². The number of sulfonamides is 1. The van der Waals surface area contributed by atoms with Gasteiger partial charge in [-0.25, -0.2) is 13.4 Å². The molecule has 0 saturated carbocycles. The van der Waals surface area contributed by atoms with Gasteiger partial charge in [-0.3, -0.25) is 9.52 Å². The van der Waals surface area contributed by atoms with Gasteiger partial charge in [0.1, 0.15) is 5.82 Å². The Kier molecular flexibility index (Phi) is 6.86. The van der Waals surface area contributed by atoms with Gasteiger partial charge in [0.05, 0.1) is 27.1 Å². The fourth-order valence-electron chi connectivity index (χ4n) is 2.32. The number of hydrogen-bond donors (Lipinski definition) is 1. The number of rotatable bonds is 7. The number of carbonyl (C=O) groups excluding carboxylic acids is 1. The highest BCUT2D eigenvalue weighted by atomic mass is 35.5. The van der Waals surface area contributed by atoms with Gasteiger partial charge in [-0.15, -0.1) is 0 Å². The van der Waals surface area contributed by atoms with Gasteiger partial charge in [-0.1, -0.05) is 29.3 Å². The van der Waals surface area contributed by atoms with E-state index in [9.17, 15) is 13.2 Å². The molecular formula is C17H19Cl2N3O3S. The van der Waals surface area contributed by atoms with E-state index in [-0.39, 0.29) is 33.1 Å². The van der Waals surface area contributed by atoms with Crippen molar-refractivity contribution >= 4 is 45.0 Å². The zero-order valence-electron chi connectivity index (χ0n) is 14.4. The highest BCUT2D eigenvalue weighted by Gasteiger charge is 2.17. The molecule has 0 saturated heterocycles. The first-order valence-electron chi connectivity index (χ1n) is 7.98. The van der Waals surface area contributed by atoms with E-state index in [1.165, 1.54) is 24.3 Å². The van der Waals surface area contributed by atoms with Crippen molar-refractivity contribution in [2.24, 2.45) is 0 Å². The maximum atomic E-state index is 12.5. The van der Waals surface area contributed by atoms with Crippen molar-refractivity contribution in [1.29, 1.82) is 0 Å². The largest absolute Gasteiger partial charge is 0.343 e. The van der Waals surface area contributed by atoms with Crippen molar-refractivity contribution < 1.29 is 13.2 Å². The standard InChI is InChI=1S/C17H19Cl2N3O3S/c1-3-22(4-2)17(23)10-12-6-5-7-16(20-12)21-26(24,25)13-8-9-14(18)15(19)11-13/h5-9,11H,3-4,10H2,1-2H3,(H,20,21). The van der Waals surface area contributed by atoms with E-state index in [1.807, 2.05) is 13.8 Å². The quantitative estimate of drug-likeness (QED) is 0.748. The second-order valence-electron chi connectivity index (χ2n) is 5.44. The number of pyridine rings is 1. The van der Waals surface area contributed by atoms with Gasteiger partial charge in [-0.05, 0) is 44.2 Å². The summed E-state index contributed by atoms with van der Waals surface area (Å²) in [6.45, 7) is 5.02. The van der Waals surface area contributed by atoms with Gasteiger partial charge in [0, 0.05) is 13.1 Å². The third-order valence-electron chi connectivity index (χ3n) is 3.70. The van der Waals surface area contributed by atoms with Gasteiger partial charge >= 0.3 is 0 Å². The molecule has 0 unspecified atom stereocenters. The van der Waals surface area contributed by atoms with Crippen LogP contribution in [0.4, 0.5) is 5.82 Å². The Morgan fingerprint density at radius 1 is 1.12 bits per heavy atom. The van der Waals surface area contributed by atoms with Gasteiger partial charge in [0.25, 0.3) is 10.0 Å². The predicted octanol–water partition coefficient (Wildman–Crippen LogP) is 3.60. The SMILES string of the molecule is CCN(CC)C(=O)Cc1cccc(NS(=O)(=O)c2ccc(Cl)c(Cl)c2)n1. The van der Waals surface area contributed by atoms with E-state index < -0.39 is 10.0 Å². The second kappa shape index (κ2) is 8.70. The molecule has 2 rings (SSSR count). The average molecular weight is 416 g/mol. The summed E-state index contributed by atoms with van der Waals surface area (Å²) in [4.78, 5) is 18.1. The molecular weight excluding hydrogens is 397 g/mol. The lowest BCUT2D eigenvalue weighted by molar-refractivity contribution is -0.130. The molecule has 0 aliphatic rings. The van der Waals surface area contributed by atoms with Crippen LogP contribution in [0.5, 0.6) is 0 Å². The van der Waals surface area contributed by atoms with E-state index in [0.29, 0.717) is 18.8 Å². The summed E-state index contributed by atoms with van der Waals surface area (Å²) in [5.74, 6) is 0.0629. The highest BCUT2D eigenvalue weighted by molar-refractivity contribution is 7.92. The van der Waals surface area contributed by atoms with Crippen LogP contribution in [-0.4, -0.2) is 37.3 Å². The number of benzene rings is 1. The number of hydrogen-bond acceptors (Lipinski definition) is 4. The Labute approximate surface area is 163 Å². The molecule has 26 heavy (non-hydrogen) atoms.